The van der Waals surface area contributed by atoms with Crippen LogP contribution < -0.4 is 5.32 Å². The van der Waals surface area contributed by atoms with Gasteiger partial charge in [-0.15, -0.1) is 0 Å². The van der Waals surface area contributed by atoms with Crippen molar-refractivity contribution in [2.24, 2.45) is 10.9 Å². The second-order valence-corrected chi connectivity index (χ2v) is 5.89. The van der Waals surface area contributed by atoms with Crippen LogP contribution in [0.1, 0.15) is 13.3 Å². The highest BCUT2D eigenvalue weighted by Gasteiger charge is 2.18. The van der Waals surface area contributed by atoms with Gasteiger partial charge in [0, 0.05) is 18.3 Å². The summed E-state index contributed by atoms with van der Waals surface area (Å²) >= 11 is 3.93. The van der Waals surface area contributed by atoms with Crippen molar-refractivity contribution in [1.29, 1.82) is 0 Å². The second-order valence-electron chi connectivity index (χ2n) is 3.73. The molecule has 13 heavy (non-hydrogen) atoms. The molecule has 0 saturated carbocycles. The molecule has 74 valence electrons. The van der Waals surface area contributed by atoms with Gasteiger partial charge in [0.15, 0.2) is 5.17 Å². The predicted molar refractivity (Wildman–Crippen MR) is 62.8 cm³/mol. The highest BCUT2D eigenvalue weighted by molar-refractivity contribution is 8.14. The Morgan fingerprint density at radius 3 is 3.08 bits per heavy atom. The molecule has 2 saturated heterocycles. The monoisotopic (exact) mass is 216 g/mol. The number of hydrogen-bond donors (Lipinski definition) is 1. The predicted octanol–water partition coefficient (Wildman–Crippen LogP) is 1.82. The number of nitrogens with one attached hydrogen (secondary N) is 1. The maximum atomic E-state index is 4.61. The van der Waals surface area contributed by atoms with Crippen molar-refractivity contribution in [3.8, 4) is 0 Å². The fourth-order valence-electron chi connectivity index (χ4n) is 1.53. The minimum Gasteiger partial charge on any atom is -0.362 e. The van der Waals surface area contributed by atoms with E-state index in [-0.39, 0.29) is 0 Å². The Bertz CT molecular complexity index is 200. The molecule has 4 heteroatoms. The highest BCUT2D eigenvalue weighted by Crippen LogP contribution is 2.24. The Hall–Kier alpha value is 0.170. The first-order valence-electron chi connectivity index (χ1n) is 4.86. The molecular weight excluding hydrogens is 200 g/mol. The molecule has 0 aromatic heterocycles. The van der Waals surface area contributed by atoms with Crippen molar-refractivity contribution in [1.82, 2.24) is 5.32 Å². The van der Waals surface area contributed by atoms with Gasteiger partial charge in [-0.25, -0.2) is 0 Å². The van der Waals surface area contributed by atoms with Crippen molar-refractivity contribution in [3.05, 3.63) is 0 Å². The summed E-state index contributed by atoms with van der Waals surface area (Å²) < 4.78 is 0. The number of aliphatic imine (C=N–C) groups is 1. The molecule has 0 bridgehead atoms. The average molecular weight is 216 g/mol. The van der Waals surface area contributed by atoms with Gasteiger partial charge >= 0.3 is 0 Å². The van der Waals surface area contributed by atoms with Gasteiger partial charge in [0.1, 0.15) is 0 Å². The first-order chi connectivity index (χ1) is 6.34. The van der Waals surface area contributed by atoms with Gasteiger partial charge in [0.25, 0.3) is 0 Å². The van der Waals surface area contributed by atoms with Gasteiger partial charge in [0.2, 0.25) is 0 Å². The topological polar surface area (TPSA) is 24.4 Å². The van der Waals surface area contributed by atoms with E-state index in [2.05, 4.69) is 29.0 Å². The summed E-state index contributed by atoms with van der Waals surface area (Å²) in [5.74, 6) is 4.68. The van der Waals surface area contributed by atoms with Crippen molar-refractivity contribution in [2.75, 3.05) is 23.8 Å². The van der Waals surface area contributed by atoms with E-state index in [0.29, 0.717) is 6.04 Å². The highest BCUT2D eigenvalue weighted by atomic mass is 32.2. The van der Waals surface area contributed by atoms with Crippen molar-refractivity contribution >= 4 is 28.7 Å². The van der Waals surface area contributed by atoms with Crippen LogP contribution >= 0.6 is 23.5 Å². The average Bonchev–Trinajstić information content (AvgIpc) is 2.71. The molecule has 0 spiro atoms. The van der Waals surface area contributed by atoms with E-state index in [1.54, 1.807) is 0 Å². The van der Waals surface area contributed by atoms with Gasteiger partial charge in [-0.3, -0.25) is 4.99 Å². The van der Waals surface area contributed by atoms with Crippen molar-refractivity contribution in [2.45, 2.75) is 19.4 Å². The molecule has 2 aliphatic heterocycles. The normalized spacial score (nSPS) is 36.8. The summed E-state index contributed by atoms with van der Waals surface area (Å²) in [7, 11) is 0. The van der Waals surface area contributed by atoms with Gasteiger partial charge < -0.3 is 5.32 Å². The molecule has 0 amide bonds. The summed E-state index contributed by atoms with van der Waals surface area (Å²) in [6, 6.07) is 0.613. The van der Waals surface area contributed by atoms with E-state index in [9.17, 15) is 0 Å². The van der Waals surface area contributed by atoms with Crippen molar-refractivity contribution < 1.29 is 0 Å². The molecule has 2 nitrogen and oxygen atoms in total. The van der Waals surface area contributed by atoms with Crippen LogP contribution in [0.4, 0.5) is 0 Å². The summed E-state index contributed by atoms with van der Waals surface area (Å²) in [4.78, 5) is 4.61. The minimum atomic E-state index is 0.613. The maximum absolute atomic E-state index is 4.61. The van der Waals surface area contributed by atoms with Crippen LogP contribution in [0.5, 0.6) is 0 Å². The van der Waals surface area contributed by atoms with Crippen molar-refractivity contribution in [3.63, 3.8) is 0 Å². The van der Waals surface area contributed by atoms with Crippen LogP contribution in [0.25, 0.3) is 0 Å². The molecule has 0 radical (unpaired) electrons. The zero-order valence-corrected chi connectivity index (χ0v) is 9.59. The molecule has 1 N–H and O–H groups in total. The molecule has 0 aliphatic carbocycles. The molecule has 2 fully saturated rings. The molecule has 0 aromatic rings. The molecule has 0 aromatic carbocycles. The van der Waals surface area contributed by atoms with Crippen LogP contribution in [-0.4, -0.2) is 35.0 Å². The largest absolute Gasteiger partial charge is 0.362 e. The van der Waals surface area contributed by atoms with Crippen LogP contribution in [0.2, 0.25) is 0 Å². The lowest BCUT2D eigenvalue weighted by molar-refractivity contribution is 0.611. The molecule has 2 rings (SSSR count). The molecule has 2 unspecified atom stereocenters. The Morgan fingerprint density at radius 1 is 1.54 bits per heavy atom. The SMILES string of the molecule is CC1CSC(=NCC2CCSC2)N1. The third-order valence-electron chi connectivity index (χ3n) is 2.36. The van der Waals surface area contributed by atoms with Crippen LogP contribution in [0.3, 0.4) is 0 Å². The number of hydrogen-bond acceptors (Lipinski definition) is 3. The fourth-order valence-corrected chi connectivity index (χ4v) is 3.74. The molecule has 2 aliphatic rings. The second kappa shape index (κ2) is 4.60. The first-order valence-corrected chi connectivity index (χ1v) is 7.00. The van der Waals surface area contributed by atoms with E-state index in [1.165, 1.54) is 28.8 Å². The lowest BCUT2D eigenvalue weighted by Crippen LogP contribution is -2.23. The summed E-state index contributed by atoms with van der Waals surface area (Å²) in [5, 5.41) is 4.55. The summed E-state index contributed by atoms with van der Waals surface area (Å²) in [6.07, 6.45) is 1.36. The third kappa shape index (κ3) is 2.81. The molecular formula is C9H16N2S2. The quantitative estimate of drug-likeness (QED) is 0.762. The zero-order valence-electron chi connectivity index (χ0n) is 7.95. The number of rotatable bonds is 2. The third-order valence-corrected chi connectivity index (χ3v) is 4.78. The summed E-state index contributed by atoms with van der Waals surface area (Å²) in [5.41, 5.74) is 0. The van der Waals surface area contributed by atoms with Gasteiger partial charge in [0.05, 0.1) is 0 Å². The standard InChI is InChI=1S/C9H16N2S2/c1-7-5-13-9(11-7)10-4-8-2-3-12-6-8/h7-8H,2-6H2,1H3,(H,10,11). The van der Waals surface area contributed by atoms with E-state index in [4.69, 9.17) is 0 Å². The fraction of sp³-hybridized carbons (Fsp3) is 0.889. The van der Waals surface area contributed by atoms with Gasteiger partial charge in [-0.2, -0.15) is 11.8 Å². The summed E-state index contributed by atoms with van der Waals surface area (Å²) in [6.45, 7) is 3.25. The smallest absolute Gasteiger partial charge is 0.156 e. The Morgan fingerprint density at radius 2 is 2.46 bits per heavy atom. The number of thioether (sulfide) groups is 2. The number of amidine groups is 1. The van der Waals surface area contributed by atoms with Crippen LogP contribution in [0, 0.1) is 5.92 Å². The maximum Gasteiger partial charge on any atom is 0.156 e. The van der Waals surface area contributed by atoms with Crippen LogP contribution in [0.15, 0.2) is 4.99 Å². The lowest BCUT2D eigenvalue weighted by atomic mass is 10.1. The minimum absolute atomic E-state index is 0.613. The Labute approximate surface area is 88.3 Å². The van der Waals surface area contributed by atoms with E-state index < -0.39 is 0 Å². The molecule has 2 atom stereocenters. The lowest BCUT2D eigenvalue weighted by Gasteiger charge is -2.04. The van der Waals surface area contributed by atoms with Gasteiger partial charge in [-0.1, -0.05) is 11.8 Å². The Kier molecular flexibility index (Phi) is 3.44. The van der Waals surface area contributed by atoms with Crippen LogP contribution in [-0.2, 0) is 0 Å². The van der Waals surface area contributed by atoms with Gasteiger partial charge in [-0.05, 0) is 30.8 Å². The van der Waals surface area contributed by atoms with E-state index in [0.717, 1.165) is 12.5 Å². The molecule has 2 heterocycles. The Balaban J connectivity index is 1.76. The number of nitrogens with zero attached hydrogens (tertiary/aromatic N) is 1. The van der Waals surface area contributed by atoms with E-state index in [1.807, 2.05) is 11.8 Å². The van der Waals surface area contributed by atoms with E-state index >= 15 is 0 Å². The first kappa shape index (κ1) is 9.71. The zero-order chi connectivity index (χ0) is 9.10.